The Labute approximate surface area is 273 Å². The van der Waals surface area contributed by atoms with Crippen LogP contribution >= 0.6 is 0 Å². The lowest BCUT2D eigenvalue weighted by atomic mass is 9.89. The Kier molecular flexibility index (Phi) is 7.25. The molecular weight excluding hydrogens is 574 g/mol. The van der Waals surface area contributed by atoms with Gasteiger partial charge in [-0.15, -0.1) is 0 Å². The van der Waals surface area contributed by atoms with Crippen LogP contribution in [-0.4, -0.2) is 19.9 Å². The van der Waals surface area contributed by atoms with Gasteiger partial charge >= 0.3 is 0 Å². The summed E-state index contributed by atoms with van der Waals surface area (Å²) in [6.07, 6.45) is 1.84. The third-order valence-electron chi connectivity index (χ3n) is 8.33. The molecule has 0 unspecified atom stereocenters. The van der Waals surface area contributed by atoms with Crippen molar-refractivity contribution >= 4 is 16.6 Å². The molecule has 0 saturated heterocycles. The smallest absolute Gasteiger partial charge is 0.164 e. The molecule has 6 aromatic carbocycles. The van der Waals surface area contributed by atoms with E-state index in [4.69, 9.17) is 25.7 Å². The molecule has 0 amide bonds. The summed E-state index contributed by atoms with van der Waals surface area (Å²) in [4.78, 5) is 19.5. The first-order valence-electron chi connectivity index (χ1n) is 15.5. The number of nitrogens with zero attached hydrogens (tertiary/aromatic N) is 4. The summed E-state index contributed by atoms with van der Waals surface area (Å²) in [5, 5.41) is 1.08. The summed E-state index contributed by atoms with van der Waals surface area (Å²) >= 11 is 0. The van der Waals surface area contributed by atoms with Gasteiger partial charge in [0.15, 0.2) is 17.5 Å². The van der Waals surface area contributed by atoms with E-state index in [0.717, 1.165) is 66.7 Å². The summed E-state index contributed by atoms with van der Waals surface area (Å²) in [6.45, 7) is 0. The third-order valence-corrected chi connectivity index (χ3v) is 8.33. The Bertz CT molecular complexity index is 2280. The largest absolute Gasteiger partial charge is 0.399 e. The molecule has 0 bridgehead atoms. The number of hydrogen-bond acceptors (Lipinski definition) is 5. The highest BCUT2D eigenvalue weighted by Gasteiger charge is 2.16. The molecule has 5 heteroatoms. The van der Waals surface area contributed by atoms with Crippen LogP contribution in [0.1, 0.15) is 0 Å². The van der Waals surface area contributed by atoms with Gasteiger partial charge in [-0.1, -0.05) is 127 Å². The number of nitrogen functional groups attached to an aromatic ring is 1. The molecule has 0 radical (unpaired) electrons. The van der Waals surface area contributed by atoms with Gasteiger partial charge in [0.25, 0.3) is 0 Å². The van der Waals surface area contributed by atoms with Crippen molar-refractivity contribution in [2.75, 3.05) is 5.73 Å². The van der Waals surface area contributed by atoms with Crippen LogP contribution in [0.5, 0.6) is 0 Å². The third kappa shape index (κ3) is 5.62. The van der Waals surface area contributed by atoms with Crippen LogP contribution in [0.4, 0.5) is 5.69 Å². The molecule has 0 fully saturated rings. The zero-order chi connectivity index (χ0) is 31.6. The maximum atomic E-state index is 5.92. The molecule has 0 saturated carbocycles. The Morgan fingerprint density at radius 2 is 0.915 bits per heavy atom. The molecule has 47 heavy (non-hydrogen) atoms. The molecule has 0 aliphatic carbocycles. The molecule has 2 N–H and O–H groups in total. The molecular formula is C42H29N5. The van der Waals surface area contributed by atoms with Crippen molar-refractivity contribution in [2.24, 2.45) is 0 Å². The lowest BCUT2D eigenvalue weighted by Crippen LogP contribution is -2.00. The molecule has 8 rings (SSSR count). The number of hydrogen-bond donors (Lipinski definition) is 1. The van der Waals surface area contributed by atoms with Crippen LogP contribution in [0.25, 0.3) is 78.4 Å². The highest BCUT2D eigenvalue weighted by molar-refractivity contribution is 6.03. The van der Waals surface area contributed by atoms with Gasteiger partial charge in [-0.3, -0.25) is 4.98 Å². The maximum Gasteiger partial charge on any atom is 0.164 e. The quantitative estimate of drug-likeness (QED) is 0.191. The summed E-state index contributed by atoms with van der Waals surface area (Å²) in [5.74, 6) is 1.89. The number of benzene rings is 6. The Morgan fingerprint density at radius 3 is 1.55 bits per heavy atom. The molecule has 0 atom stereocenters. The summed E-state index contributed by atoms with van der Waals surface area (Å²) in [6, 6.07) is 53.6. The minimum Gasteiger partial charge on any atom is -0.399 e. The van der Waals surface area contributed by atoms with Gasteiger partial charge in [0.1, 0.15) is 0 Å². The monoisotopic (exact) mass is 603 g/mol. The fourth-order valence-electron chi connectivity index (χ4n) is 5.97. The predicted molar refractivity (Wildman–Crippen MR) is 192 cm³/mol. The Balaban J connectivity index is 1.27. The van der Waals surface area contributed by atoms with Crippen molar-refractivity contribution in [1.82, 2.24) is 19.9 Å². The molecule has 2 heterocycles. The average molecular weight is 604 g/mol. The van der Waals surface area contributed by atoms with Gasteiger partial charge in [-0.2, -0.15) is 0 Å². The van der Waals surface area contributed by atoms with Gasteiger partial charge in [0, 0.05) is 34.0 Å². The molecule has 0 spiro atoms. The SMILES string of the molecule is Nc1ccc(-c2ccc(-c3ccc4ncccc4c3-c3cccc(-c4nc(-c5ccccc5)nc(-c5ccccc5)n4)c3)cc2)cc1. The molecule has 222 valence electrons. The van der Waals surface area contributed by atoms with E-state index in [-0.39, 0.29) is 0 Å². The first kappa shape index (κ1) is 28.0. The normalized spacial score (nSPS) is 11.1. The number of nitrogens with two attached hydrogens (primary N) is 1. The number of anilines is 1. The summed E-state index contributed by atoms with van der Waals surface area (Å²) in [5.41, 5.74) is 17.1. The van der Waals surface area contributed by atoms with Gasteiger partial charge < -0.3 is 5.73 Å². The second-order valence-electron chi connectivity index (χ2n) is 11.4. The van der Waals surface area contributed by atoms with E-state index in [1.54, 1.807) is 0 Å². The highest BCUT2D eigenvalue weighted by atomic mass is 15.0. The molecule has 5 nitrogen and oxygen atoms in total. The number of fused-ring (bicyclic) bond motifs is 1. The van der Waals surface area contributed by atoms with Gasteiger partial charge in [-0.05, 0) is 63.7 Å². The second kappa shape index (κ2) is 12.1. The Morgan fingerprint density at radius 1 is 0.383 bits per heavy atom. The van der Waals surface area contributed by atoms with Gasteiger partial charge in [0.05, 0.1) is 5.52 Å². The first-order chi connectivity index (χ1) is 23.2. The van der Waals surface area contributed by atoms with Crippen molar-refractivity contribution in [1.29, 1.82) is 0 Å². The van der Waals surface area contributed by atoms with Crippen LogP contribution < -0.4 is 5.73 Å². The van der Waals surface area contributed by atoms with E-state index in [2.05, 4.69) is 78.9 Å². The van der Waals surface area contributed by atoms with Crippen molar-refractivity contribution in [3.63, 3.8) is 0 Å². The van der Waals surface area contributed by atoms with Gasteiger partial charge in [0.2, 0.25) is 0 Å². The Hall–Kier alpha value is -6.46. The maximum absolute atomic E-state index is 5.92. The van der Waals surface area contributed by atoms with Crippen molar-refractivity contribution in [2.45, 2.75) is 0 Å². The van der Waals surface area contributed by atoms with Gasteiger partial charge in [-0.25, -0.2) is 15.0 Å². The van der Waals surface area contributed by atoms with Crippen LogP contribution in [-0.2, 0) is 0 Å². The molecule has 2 aromatic heterocycles. The van der Waals surface area contributed by atoms with E-state index in [9.17, 15) is 0 Å². The lowest BCUT2D eigenvalue weighted by Gasteiger charge is -2.15. The van der Waals surface area contributed by atoms with E-state index in [0.29, 0.717) is 17.5 Å². The van der Waals surface area contributed by atoms with Crippen LogP contribution in [0, 0.1) is 0 Å². The topological polar surface area (TPSA) is 77.6 Å². The fourth-order valence-corrected chi connectivity index (χ4v) is 5.97. The van der Waals surface area contributed by atoms with Crippen LogP contribution in [0.2, 0.25) is 0 Å². The zero-order valence-electron chi connectivity index (χ0n) is 25.5. The minimum atomic E-state index is 0.618. The fraction of sp³-hybridized carbons (Fsp3) is 0. The zero-order valence-corrected chi connectivity index (χ0v) is 25.5. The van der Waals surface area contributed by atoms with E-state index >= 15 is 0 Å². The molecule has 0 aliphatic heterocycles. The van der Waals surface area contributed by atoms with E-state index in [1.165, 1.54) is 0 Å². The summed E-state index contributed by atoms with van der Waals surface area (Å²) < 4.78 is 0. The highest BCUT2D eigenvalue weighted by Crippen LogP contribution is 2.39. The van der Waals surface area contributed by atoms with Crippen LogP contribution in [0.3, 0.4) is 0 Å². The van der Waals surface area contributed by atoms with Crippen molar-refractivity contribution in [3.8, 4) is 67.5 Å². The van der Waals surface area contributed by atoms with E-state index in [1.807, 2.05) is 85.1 Å². The standard InChI is InChI=1S/C42H29N5/c43-35-22-20-29(21-23-35)28-16-18-30(19-17-28)36-24-25-38-37(15-8-26-44-38)39(36)33-13-7-14-34(27-33)42-46-40(31-9-3-1-4-10-31)45-41(47-42)32-11-5-2-6-12-32/h1-27H,43H2. The number of pyridine rings is 1. The summed E-state index contributed by atoms with van der Waals surface area (Å²) in [7, 11) is 0. The first-order valence-corrected chi connectivity index (χ1v) is 15.5. The number of aromatic nitrogens is 4. The predicted octanol–water partition coefficient (Wildman–Crippen LogP) is 10.0. The minimum absolute atomic E-state index is 0.618. The number of rotatable bonds is 6. The van der Waals surface area contributed by atoms with Crippen LogP contribution in [0.15, 0.2) is 164 Å². The van der Waals surface area contributed by atoms with Crippen molar-refractivity contribution in [3.05, 3.63) is 164 Å². The molecule has 8 aromatic rings. The average Bonchev–Trinajstić information content (AvgIpc) is 3.15. The second-order valence-corrected chi connectivity index (χ2v) is 11.4. The van der Waals surface area contributed by atoms with Crippen molar-refractivity contribution < 1.29 is 0 Å². The van der Waals surface area contributed by atoms with E-state index < -0.39 is 0 Å². The molecule has 0 aliphatic rings. The lowest BCUT2D eigenvalue weighted by molar-refractivity contribution is 1.07.